The molecule has 2 atom stereocenters. The Morgan fingerprint density at radius 2 is 1.94 bits per heavy atom. The second-order valence-electron chi connectivity index (χ2n) is 7.11. The zero-order valence-corrected chi connectivity index (χ0v) is 20.3. The average molecular weight is 594 g/mol. The summed E-state index contributed by atoms with van der Waals surface area (Å²) in [5.41, 5.74) is 0.150. The van der Waals surface area contributed by atoms with Crippen LogP contribution in [-0.2, 0) is 0 Å². The fourth-order valence-electron chi connectivity index (χ4n) is 3.54. The Morgan fingerprint density at radius 1 is 1.21 bits per heavy atom. The van der Waals surface area contributed by atoms with Gasteiger partial charge in [0.15, 0.2) is 27.9 Å². The number of amides is 1. The Kier molecular flexibility index (Phi) is 6.36. The first-order chi connectivity index (χ1) is 15.6. The van der Waals surface area contributed by atoms with E-state index in [1.807, 2.05) is 0 Å². The number of carbonyl (C=O) groups excluding carboxylic acids is 1. The van der Waals surface area contributed by atoms with E-state index < -0.39 is 24.2 Å². The van der Waals surface area contributed by atoms with Gasteiger partial charge in [-0.15, -0.1) is 0 Å². The number of alkyl halides is 3. The lowest BCUT2D eigenvalue weighted by molar-refractivity contribution is -0.174. The predicted molar refractivity (Wildman–Crippen MR) is 120 cm³/mol. The molecule has 0 radical (unpaired) electrons. The minimum Gasteiger partial charge on any atom is -0.493 e. The number of anilines is 2. The molecule has 0 spiro atoms. The second-order valence-corrected chi connectivity index (χ2v) is 8.69. The van der Waals surface area contributed by atoms with Crippen molar-refractivity contribution < 1.29 is 31.9 Å². The van der Waals surface area contributed by atoms with E-state index in [-0.39, 0.29) is 22.4 Å². The zero-order valence-electron chi connectivity index (χ0n) is 17.2. The van der Waals surface area contributed by atoms with E-state index in [1.54, 1.807) is 24.3 Å². The number of methoxy groups -OCH3 is 2. The van der Waals surface area contributed by atoms with Gasteiger partial charge < -0.3 is 24.5 Å². The Labute approximate surface area is 202 Å². The Hall–Kier alpha value is -2.67. The molecule has 1 amide bonds. The lowest BCUT2D eigenvalue weighted by Gasteiger charge is -2.32. The third kappa shape index (κ3) is 4.56. The van der Waals surface area contributed by atoms with Crippen LogP contribution in [0.25, 0.3) is 0 Å². The number of ether oxygens (including phenoxy) is 2. The van der Waals surface area contributed by atoms with Crippen LogP contribution >= 0.6 is 31.9 Å². The van der Waals surface area contributed by atoms with Crippen LogP contribution in [0.2, 0.25) is 0 Å². The highest BCUT2D eigenvalue weighted by Crippen LogP contribution is 2.46. The van der Waals surface area contributed by atoms with Gasteiger partial charge in [-0.3, -0.25) is 4.79 Å². The Balaban J connectivity index is 1.67. The van der Waals surface area contributed by atoms with Crippen molar-refractivity contribution in [1.29, 1.82) is 0 Å². The number of rotatable bonds is 5. The molecule has 3 aromatic rings. The molecule has 0 saturated heterocycles. The van der Waals surface area contributed by atoms with Crippen LogP contribution in [-0.4, -0.2) is 36.1 Å². The number of nitrogens with zero attached hydrogens (tertiary/aromatic N) is 2. The number of benzene rings is 1. The van der Waals surface area contributed by atoms with Crippen molar-refractivity contribution in [3.8, 4) is 11.5 Å². The number of nitrogens with one attached hydrogen (secondary N) is 2. The number of aromatic nitrogens is 2. The Morgan fingerprint density at radius 3 is 2.55 bits per heavy atom. The lowest BCUT2D eigenvalue weighted by atomic mass is 10.0. The summed E-state index contributed by atoms with van der Waals surface area (Å²) in [6, 6.07) is 5.15. The minimum absolute atomic E-state index is 0.0264. The van der Waals surface area contributed by atoms with Gasteiger partial charge in [0.2, 0.25) is 0 Å². The first-order valence-corrected chi connectivity index (χ1v) is 11.1. The van der Waals surface area contributed by atoms with E-state index in [0.717, 1.165) is 4.68 Å². The van der Waals surface area contributed by atoms with Gasteiger partial charge in [0.05, 0.1) is 24.7 Å². The number of halogens is 5. The molecule has 3 heterocycles. The van der Waals surface area contributed by atoms with Crippen LogP contribution in [0.4, 0.5) is 24.7 Å². The van der Waals surface area contributed by atoms with Crippen molar-refractivity contribution in [3.05, 3.63) is 50.9 Å². The van der Waals surface area contributed by atoms with Gasteiger partial charge in [-0.1, -0.05) is 0 Å². The van der Waals surface area contributed by atoms with Crippen LogP contribution in [0.3, 0.4) is 0 Å². The molecule has 0 bridgehead atoms. The highest BCUT2D eigenvalue weighted by molar-refractivity contribution is 9.10. The predicted octanol–water partition coefficient (Wildman–Crippen LogP) is 5.93. The fourth-order valence-corrected chi connectivity index (χ4v) is 4.42. The molecule has 1 aliphatic rings. The topological polar surface area (TPSA) is 90.5 Å². The third-order valence-electron chi connectivity index (χ3n) is 5.09. The highest BCUT2D eigenvalue weighted by Gasteiger charge is 2.48. The fraction of sp³-hybridized carbons (Fsp3) is 0.300. The standard InChI is InChI=1S/C20H17Br2F3N4O4/c1-31-12-4-3-9(7-13(12)32-2)26-19(30)17-16(22)18-27-10(11-5-6-15(21)33-11)8-14(20(23,24)25)29(18)28-17/h3-7,10,14,27H,8H2,1-2H3,(H,26,30)/t10-,14-/m1/s1. The van der Waals surface area contributed by atoms with Crippen LogP contribution in [0, 0.1) is 0 Å². The van der Waals surface area contributed by atoms with E-state index in [1.165, 1.54) is 20.3 Å². The van der Waals surface area contributed by atoms with Crippen LogP contribution in [0.15, 0.2) is 43.9 Å². The van der Waals surface area contributed by atoms with Crippen molar-refractivity contribution in [2.45, 2.75) is 24.7 Å². The number of fused-ring (bicyclic) bond motifs is 1. The van der Waals surface area contributed by atoms with Crippen molar-refractivity contribution >= 4 is 49.3 Å². The largest absolute Gasteiger partial charge is 0.493 e. The first kappa shape index (κ1) is 23.5. The van der Waals surface area contributed by atoms with Crippen molar-refractivity contribution in [2.75, 3.05) is 24.9 Å². The van der Waals surface area contributed by atoms with Gasteiger partial charge in [-0.05, 0) is 56.1 Å². The van der Waals surface area contributed by atoms with Gasteiger partial charge >= 0.3 is 6.18 Å². The summed E-state index contributed by atoms with van der Waals surface area (Å²) in [5, 5.41) is 9.60. The van der Waals surface area contributed by atoms with E-state index in [2.05, 4.69) is 47.6 Å². The molecule has 176 valence electrons. The summed E-state index contributed by atoms with van der Waals surface area (Å²) in [6.07, 6.45) is -4.96. The summed E-state index contributed by atoms with van der Waals surface area (Å²) in [6.45, 7) is 0. The highest BCUT2D eigenvalue weighted by atomic mass is 79.9. The number of furan rings is 1. The van der Waals surface area contributed by atoms with Gasteiger partial charge in [0.1, 0.15) is 11.6 Å². The molecular weight excluding hydrogens is 577 g/mol. The second kappa shape index (κ2) is 8.93. The SMILES string of the molecule is COc1ccc(NC(=O)c2nn3c(c2Br)N[C@@H](c2ccc(Br)o2)C[C@@H]3C(F)(F)F)cc1OC. The molecule has 1 aromatic carbocycles. The maximum absolute atomic E-state index is 13.9. The monoisotopic (exact) mass is 592 g/mol. The molecule has 0 aliphatic carbocycles. The molecule has 13 heteroatoms. The molecule has 0 fully saturated rings. The van der Waals surface area contributed by atoms with E-state index in [0.29, 0.717) is 27.6 Å². The van der Waals surface area contributed by atoms with Gasteiger partial charge in [-0.2, -0.15) is 18.3 Å². The molecule has 2 N–H and O–H groups in total. The van der Waals surface area contributed by atoms with Gasteiger partial charge in [0.25, 0.3) is 5.91 Å². The zero-order chi connectivity index (χ0) is 23.9. The van der Waals surface area contributed by atoms with Gasteiger partial charge in [-0.25, -0.2) is 4.68 Å². The Bertz CT molecular complexity index is 1190. The van der Waals surface area contributed by atoms with Gasteiger partial charge in [0, 0.05) is 18.2 Å². The number of hydrogen-bond acceptors (Lipinski definition) is 6. The maximum atomic E-state index is 13.9. The van der Waals surface area contributed by atoms with Crippen LogP contribution in [0.5, 0.6) is 11.5 Å². The van der Waals surface area contributed by atoms with Crippen molar-refractivity contribution in [3.63, 3.8) is 0 Å². The first-order valence-electron chi connectivity index (χ1n) is 9.52. The molecule has 0 saturated carbocycles. The van der Waals surface area contributed by atoms with E-state index >= 15 is 0 Å². The number of carbonyl (C=O) groups is 1. The summed E-state index contributed by atoms with van der Waals surface area (Å²) in [5.74, 6) is 0.494. The maximum Gasteiger partial charge on any atom is 0.410 e. The quantitative estimate of drug-likeness (QED) is 0.381. The molecular formula is C20H17Br2F3N4O4. The molecule has 0 unspecified atom stereocenters. The molecule has 1 aliphatic heterocycles. The smallest absolute Gasteiger partial charge is 0.410 e. The molecule has 8 nitrogen and oxygen atoms in total. The number of hydrogen-bond donors (Lipinski definition) is 2. The average Bonchev–Trinajstić information content (AvgIpc) is 3.35. The van der Waals surface area contributed by atoms with E-state index in [4.69, 9.17) is 13.9 Å². The summed E-state index contributed by atoms with van der Waals surface area (Å²) in [4.78, 5) is 12.9. The van der Waals surface area contributed by atoms with Crippen molar-refractivity contribution in [2.24, 2.45) is 0 Å². The minimum atomic E-state index is -4.60. The van der Waals surface area contributed by atoms with E-state index in [9.17, 15) is 18.0 Å². The normalized spacial score (nSPS) is 17.8. The van der Waals surface area contributed by atoms with Crippen molar-refractivity contribution in [1.82, 2.24) is 9.78 Å². The van der Waals surface area contributed by atoms with Crippen LogP contribution in [0.1, 0.15) is 34.8 Å². The molecule has 4 rings (SSSR count). The summed E-state index contributed by atoms with van der Waals surface area (Å²) in [7, 11) is 2.92. The third-order valence-corrected chi connectivity index (χ3v) is 6.27. The lowest BCUT2D eigenvalue weighted by Crippen LogP contribution is -2.35. The molecule has 33 heavy (non-hydrogen) atoms. The summed E-state index contributed by atoms with van der Waals surface area (Å²) >= 11 is 6.40. The molecule has 2 aromatic heterocycles. The summed E-state index contributed by atoms with van der Waals surface area (Å²) < 4.78 is 58.8. The van der Waals surface area contributed by atoms with Crippen LogP contribution < -0.4 is 20.1 Å².